The molecule has 1 amide bonds. The van der Waals surface area contributed by atoms with Crippen molar-refractivity contribution in [2.45, 2.75) is 61.4 Å². The zero-order valence-electron chi connectivity index (χ0n) is 15.8. The number of nitriles is 1. The standard InChI is InChI=1S/C18H24N4O4S/c1-12(16(25)22(2)18(11-19)7-5-4-6-8-18)27-17-20-13(9-14(23)21-17)10-15(24)26-3/h9,12H,4-8,10H2,1-3H3,(H,20,21,23)/t12-/m1/s1. The van der Waals surface area contributed by atoms with E-state index in [2.05, 4.69) is 20.8 Å². The Hall–Kier alpha value is -2.34. The van der Waals surface area contributed by atoms with Crippen LogP contribution in [0, 0.1) is 11.3 Å². The minimum Gasteiger partial charge on any atom is -0.469 e. The van der Waals surface area contributed by atoms with Crippen molar-refractivity contribution in [2.24, 2.45) is 0 Å². The number of hydrogen-bond donors (Lipinski definition) is 1. The van der Waals surface area contributed by atoms with Gasteiger partial charge in [-0.3, -0.25) is 14.4 Å². The van der Waals surface area contributed by atoms with Crippen LogP contribution in [0.2, 0.25) is 0 Å². The average molecular weight is 392 g/mol. The van der Waals surface area contributed by atoms with Gasteiger partial charge in [-0.2, -0.15) is 5.26 Å². The van der Waals surface area contributed by atoms with Gasteiger partial charge in [-0.15, -0.1) is 0 Å². The van der Waals surface area contributed by atoms with E-state index in [9.17, 15) is 19.6 Å². The van der Waals surface area contributed by atoms with Crippen LogP contribution < -0.4 is 5.56 Å². The van der Waals surface area contributed by atoms with E-state index >= 15 is 0 Å². The highest BCUT2D eigenvalue weighted by atomic mass is 32.2. The molecular weight excluding hydrogens is 368 g/mol. The van der Waals surface area contributed by atoms with E-state index < -0.39 is 22.3 Å². The molecule has 0 unspecified atom stereocenters. The van der Waals surface area contributed by atoms with Crippen LogP contribution in [-0.4, -0.2) is 51.7 Å². The molecule has 0 bridgehead atoms. The predicted octanol–water partition coefficient (Wildman–Crippen LogP) is 1.65. The number of carbonyl (C=O) groups excluding carboxylic acids is 2. The Morgan fingerprint density at radius 3 is 2.70 bits per heavy atom. The number of nitrogens with zero attached hydrogens (tertiary/aromatic N) is 3. The molecule has 1 heterocycles. The number of nitrogens with one attached hydrogen (secondary N) is 1. The molecule has 8 nitrogen and oxygen atoms in total. The van der Waals surface area contributed by atoms with E-state index in [1.54, 1.807) is 18.9 Å². The Bertz CT molecular complexity index is 795. The van der Waals surface area contributed by atoms with Crippen molar-refractivity contribution >= 4 is 23.6 Å². The van der Waals surface area contributed by atoms with Crippen LogP contribution in [0.4, 0.5) is 0 Å². The van der Waals surface area contributed by atoms with Gasteiger partial charge >= 0.3 is 5.97 Å². The molecule has 27 heavy (non-hydrogen) atoms. The molecule has 1 atom stereocenters. The average Bonchev–Trinajstić information content (AvgIpc) is 2.66. The van der Waals surface area contributed by atoms with Gasteiger partial charge in [0.2, 0.25) is 5.91 Å². The number of aromatic amines is 1. The molecule has 2 rings (SSSR count). The highest BCUT2D eigenvalue weighted by Gasteiger charge is 2.40. The molecular formula is C18H24N4O4S. The van der Waals surface area contributed by atoms with Crippen LogP contribution in [-0.2, 0) is 20.7 Å². The molecule has 0 radical (unpaired) electrons. The first-order chi connectivity index (χ1) is 12.8. The fraction of sp³-hybridized carbons (Fsp3) is 0.611. The Morgan fingerprint density at radius 1 is 1.44 bits per heavy atom. The fourth-order valence-electron chi connectivity index (χ4n) is 3.21. The Kier molecular flexibility index (Phi) is 7.02. The van der Waals surface area contributed by atoms with Crippen molar-refractivity contribution in [1.82, 2.24) is 14.9 Å². The Labute approximate surface area is 162 Å². The quantitative estimate of drug-likeness (QED) is 0.444. The summed E-state index contributed by atoms with van der Waals surface area (Å²) < 4.78 is 4.59. The number of ether oxygens (including phenoxy) is 1. The zero-order valence-corrected chi connectivity index (χ0v) is 16.6. The van der Waals surface area contributed by atoms with E-state index in [0.29, 0.717) is 12.8 Å². The largest absolute Gasteiger partial charge is 0.469 e. The van der Waals surface area contributed by atoms with E-state index in [0.717, 1.165) is 31.0 Å². The van der Waals surface area contributed by atoms with Crippen LogP contribution >= 0.6 is 11.8 Å². The van der Waals surface area contributed by atoms with Crippen molar-refractivity contribution < 1.29 is 14.3 Å². The van der Waals surface area contributed by atoms with Crippen molar-refractivity contribution in [3.8, 4) is 6.07 Å². The lowest BCUT2D eigenvalue weighted by atomic mass is 9.81. The summed E-state index contributed by atoms with van der Waals surface area (Å²) in [7, 11) is 2.93. The second-order valence-corrected chi connectivity index (χ2v) is 7.99. The van der Waals surface area contributed by atoms with Gasteiger partial charge in [-0.1, -0.05) is 31.0 Å². The maximum atomic E-state index is 12.9. The molecule has 0 spiro atoms. The van der Waals surface area contributed by atoms with E-state index in [1.165, 1.54) is 13.2 Å². The molecule has 1 aromatic rings. The van der Waals surface area contributed by atoms with Crippen molar-refractivity contribution in [3.63, 3.8) is 0 Å². The number of aromatic nitrogens is 2. The summed E-state index contributed by atoms with van der Waals surface area (Å²) in [6, 6.07) is 3.56. The second-order valence-electron chi connectivity index (χ2n) is 6.66. The van der Waals surface area contributed by atoms with Crippen molar-refractivity contribution in [3.05, 3.63) is 22.1 Å². The summed E-state index contributed by atoms with van der Waals surface area (Å²) in [6.07, 6.45) is 4.16. The first kappa shape index (κ1) is 21.0. The molecule has 1 fully saturated rings. The van der Waals surface area contributed by atoms with Crippen LogP contribution in [0.3, 0.4) is 0 Å². The summed E-state index contributed by atoms with van der Waals surface area (Å²) in [5.41, 5.74) is -0.889. The zero-order chi connectivity index (χ0) is 20.0. The van der Waals surface area contributed by atoms with Gasteiger partial charge in [0.05, 0.1) is 30.5 Å². The fourth-order valence-corrected chi connectivity index (χ4v) is 4.13. The molecule has 0 aliphatic heterocycles. The summed E-state index contributed by atoms with van der Waals surface area (Å²) in [5, 5.41) is 9.37. The number of methoxy groups -OCH3 is 1. The second kappa shape index (κ2) is 9.04. The number of H-pyrrole nitrogens is 1. The lowest BCUT2D eigenvalue weighted by molar-refractivity contribution is -0.140. The van der Waals surface area contributed by atoms with Gasteiger partial charge < -0.3 is 14.6 Å². The minimum absolute atomic E-state index is 0.117. The Morgan fingerprint density at radius 2 is 2.11 bits per heavy atom. The van der Waals surface area contributed by atoms with Gasteiger partial charge in [-0.25, -0.2) is 4.98 Å². The molecule has 9 heteroatoms. The number of thioether (sulfide) groups is 1. The highest BCUT2D eigenvalue weighted by Crippen LogP contribution is 2.34. The highest BCUT2D eigenvalue weighted by molar-refractivity contribution is 8.00. The van der Waals surface area contributed by atoms with E-state index in [1.807, 2.05) is 0 Å². The predicted molar refractivity (Wildman–Crippen MR) is 100 cm³/mol. The molecule has 0 saturated heterocycles. The van der Waals surface area contributed by atoms with Gasteiger partial charge in [0.15, 0.2) is 5.16 Å². The SMILES string of the molecule is COC(=O)Cc1cc(=O)[nH]c(S[C@H](C)C(=O)N(C)C2(C#N)CCCCC2)n1. The molecule has 0 aromatic carbocycles. The first-order valence-corrected chi connectivity index (χ1v) is 9.72. The third-order valence-electron chi connectivity index (χ3n) is 4.82. The molecule has 146 valence electrons. The molecule has 1 aromatic heterocycles. The minimum atomic E-state index is -0.766. The summed E-state index contributed by atoms with van der Waals surface area (Å²) in [4.78, 5) is 44.4. The van der Waals surface area contributed by atoms with Crippen molar-refractivity contribution in [1.29, 1.82) is 5.26 Å². The third-order valence-corrected chi connectivity index (χ3v) is 5.80. The molecule has 1 aliphatic carbocycles. The smallest absolute Gasteiger partial charge is 0.311 e. The maximum absolute atomic E-state index is 12.9. The lowest BCUT2D eigenvalue weighted by Gasteiger charge is -2.40. The van der Waals surface area contributed by atoms with Gasteiger partial charge in [0.25, 0.3) is 5.56 Å². The van der Waals surface area contributed by atoms with Gasteiger partial charge in [0.1, 0.15) is 5.54 Å². The third kappa shape index (κ3) is 5.10. The monoisotopic (exact) mass is 392 g/mol. The number of hydrogen-bond acceptors (Lipinski definition) is 7. The maximum Gasteiger partial charge on any atom is 0.311 e. The molecule has 1 saturated carbocycles. The van der Waals surface area contributed by atoms with Gasteiger partial charge in [-0.05, 0) is 19.8 Å². The van der Waals surface area contributed by atoms with Crippen LogP contribution in [0.1, 0.15) is 44.7 Å². The van der Waals surface area contributed by atoms with E-state index in [4.69, 9.17) is 0 Å². The normalized spacial score (nSPS) is 16.8. The number of esters is 1. The number of carbonyl (C=O) groups is 2. The summed E-state index contributed by atoms with van der Waals surface area (Å²) in [5.74, 6) is -0.689. The molecule has 1 N–H and O–H groups in total. The number of rotatable bonds is 6. The Balaban J connectivity index is 2.13. The van der Waals surface area contributed by atoms with Crippen LogP contribution in [0.5, 0.6) is 0 Å². The van der Waals surface area contributed by atoms with Gasteiger partial charge in [0, 0.05) is 13.1 Å². The number of amides is 1. The lowest BCUT2D eigenvalue weighted by Crippen LogP contribution is -2.52. The first-order valence-electron chi connectivity index (χ1n) is 8.84. The van der Waals surface area contributed by atoms with Crippen molar-refractivity contribution in [2.75, 3.05) is 14.2 Å². The molecule has 1 aliphatic rings. The topological polar surface area (TPSA) is 116 Å². The van der Waals surface area contributed by atoms with Crippen LogP contribution in [0.25, 0.3) is 0 Å². The van der Waals surface area contributed by atoms with E-state index in [-0.39, 0.29) is 23.2 Å². The summed E-state index contributed by atoms with van der Waals surface area (Å²) in [6.45, 7) is 1.71. The summed E-state index contributed by atoms with van der Waals surface area (Å²) >= 11 is 1.10. The van der Waals surface area contributed by atoms with Crippen LogP contribution in [0.15, 0.2) is 16.0 Å².